The number of aromatic nitrogens is 1. The van der Waals surface area contributed by atoms with E-state index in [1.807, 2.05) is 0 Å². The van der Waals surface area contributed by atoms with Gasteiger partial charge in [0.05, 0.1) is 6.54 Å². The molecule has 0 aliphatic carbocycles. The number of nitrogens with zero attached hydrogens (tertiary/aromatic N) is 2. The van der Waals surface area contributed by atoms with Crippen molar-refractivity contribution in [3.63, 3.8) is 0 Å². The zero-order valence-corrected chi connectivity index (χ0v) is 18.7. The number of anilines is 1. The summed E-state index contributed by atoms with van der Waals surface area (Å²) < 4.78 is 2.37. The molecule has 3 aromatic carbocycles. The zero-order chi connectivity index (χ0) is 22.1. The van der Waals surface area contributed by atoms with Crippen molar-refractivity contribution in [2.75, 3.05) is 11.4 Å². The van der Waals surface area contributed by atoms with Gasteiger partial charge in [0.15, 0.2) is 0 Å². The van der Waals surface area contributed by atoms with Crippen molar-refractivity contribution in [3.8, 4) is 0 Å². The van der Waals surface area contributed by atoms with Gasteiger partial charge in [0.2, 0.25) is 5.91 Å². The standard InChI is InChI=1S/C28H27N3O/c1-4-30-23-11-7-5-9-20(23)21-14-13-19(17-25(21)30)15-16-28-27(2,3)22-10-6-8-12-24(22)31(28)18-26(32)29-28/h5-17H,4,18H2,1-3H3,(H,29,32)/b16-15+. The van der Waals surface area contributed by atoms with E-state index in [9.17, 15) is 4.79 Å². The predicted octanol–water partition coefficient (Wildman–Crippen LogP) is 5.45. The van der Waals surface area contributed by atoms with Crippen LogP contribution in [0.5, 0.6) is 0 Å². The van der Waals surface area contributed by atoms with Crippen LogP contribution in [-0.4, -0.2) is 22.7 Å². The third kappa shape index (κ3) is 2.35. The highest BCUT2D eigenvalue weighted by Gasteiger charge is 2.59. The average Bonchev–Trinajstić information content (AvgIpc) is 3.37. The van der Waals surface area contributed by atoms with Crippen molar-refractivity contribution >= 4 is 39.5 Å². The Bertz CT molecular complexity index is 1430. The molecule has 0 saturated carbocycles. The molecule has 0 spiro atoms. The summed E-state index contributed by atoms with van der Waals surface area (Å²) >= 11 is 0. The molecule has 4 heteroatoms. The van der Waals surface area contributed by atoms with E-state index in [0.717, 1.165) is 17.8 Å². The predicted molar refractivity (Wildman–Crippen MR) is 132 cm³/mol. The quantitative estimate of drug-likeness (QED) is 0.477. The first kappa shape index (κ1) is 19.2. The van der Waals surface area contributed by atoms with E-state index in [0.29, 0.717) is 6.54 Å². The Labute approximate surface area is 188 Å². The number of fused-ring (bicyclic) bond motifs is 6. The summed E-state index contributed by atoms with van der Waals surface area (Å²) in [6, 6.07) is 23.7. The van der Waals surface area contributed by atoms with Crippen LogP contribution in [0.4, 0.5) is 5.69 Å². The molecule has 3 heterocycles. The summed E-state index contributed by atoms with van der Waals surface area (Å²) in [7, 11) is 0. The summed E-state index contributed by atoms with van der Waals surface area (Å²) in [5.41, 5.74) is 5.24. The zero-order valence-electron chi connectivity index (χ0n) is 18.7. The molecule has 1 unspecified atom stereocenters. The molecule has 4 aromatic rings. The first-order chi connectivity index (χ1) is 15.5. The van der Waals surface area contributed by atoms with E-state index in [1.54, 1.807) is 0 Å². The summed E-state index contributed by atoms with van der Waals surface area (Å²) in [4.78, 5) is 14.8. The fraction of sp³-hybridized carbons (Fsp3) is 0.250. The van der Waals surface area contributed by atoms with Gasteiger partial charge in [-0.05, 0) is 42.3 Å². The van der Waals surface area contributed by atoms with Crippen LogP contribution in [0, 0.1) is 0 Å². The minimum absolute atomic E-state index is 0.0683. The van der Waals surface area contributed by atoms with E-state index < -0.39 is 5.66 Å². The number of carbonyl (C=O) groups is 1. The lowest BCUT2D eigenvalue weighted by atomic mass is 9.75. The van der Waals surface area contributed by atoms with Crippen LogP contribution in [0.3, 0.4) is 0 Å². The van der Waals surface area contributed by atoms with Crippen molar-refractivity contribution in [2.45, 2.75) is 38.4 Å². The molecule has 1 atom stereocenters. The molecule has 1 aromatic heterocycles. The third-order valence-electron chi connectivity index (χ3n) is 7.51. The molecule has 6 rings (SSSR count). The number of rotatable bonds is 3. The Kier molecular flexibility index (Phi) is 3.89. The van der Waals surface area contributed by atoms with Crippen molar-refractivity contribution in [1.29, 1.82) is 0 Å². The number of hydrogen-bond donors (Lipinski definition) is 1. The first-order valence-corrected chi connectivity index (χ1v) is 11.3. The number of hydrogen-bond acceptors (Lipinski definition) is 2. The maximum Gasteiger partial charge on any atom is 0.241 e. The molecule has 1 fully saturated rings. The maximum atomic E-state index is 12.5. The summed E-state index contributed by atoms with van der Waals surface area (Å²) in [5.74, 6) is 0.0683. The Morgan fingerprint density at radius 2 is 1.72 bits per heavy atom. The highest BCUT2D eigenvalue weighted by molar-refractivity contribution is 6.08. The van der Waals surface area contributed by atoms with Gasteiger partial charge in [-0.25, -0.2) is 0 Å². The Morgan fingerprint density at radius 1 is 0.969 bits per heavy atom. The first-order valence-electron chi connectivity index (χ1n) is 11.3. The summed E-state index contributed by atoms with van der Waals surface area (Å²) in [5, 5.41) is 5.88. The number of amides is 1. The van der Waals surface area contributed by atoms with Crippen LogP contribution in [0.15, 0.2) is 72.8 Å². The average molecular weight is 422 g/mol. The molecule has 1 amide bonds. The molecule has 4 nitrogen and oxygen atoms in total. The van der Waals surface area contributed by atoms with Gasteiger partial charge in [0.25, 0.3) is 0 Å². The second-order valence-electron chi connectivity index (χ2n) is 9.41. The van der Waals surface area contributed by atoms with Crippen LogP contribution in [0.2, 0.25) is 0 Å². The minimum atomic E-state index is -0.569. The van der Waals surface area contributed by atoms with E-state index >= 15 is 0 Å². The van der Waals surface area contributed by atoms with Crippen LogP contribution < -0.4 is 10.2 Å². The molecule has 0 radical (unpaired) electrons. The molecule has 2 aliphatic rings. The van der Waals surface area contributed by atoms with Crippen LogP contribution >= 0.6 is 0 Å². The normalized spacial score (nSPS) is 21.5. The van der Waals surface area contributed by atoms with Gasteiger partial charge in [0.1, 0.15) is 5.66 Å². The lowest BCUT2D eigenvalue weighted by molar-refractivity contribution is -0.118. The molecular formula is C28H27N3O. The van der Waals surface area contributed by atoms with Crippen molar-refractivity contribution < 1.29 is 4.79 Å². The van der Waals surface area contributed by atoms with Gasteiger partial charge in [-0.2, -0.15) is 0 Å². The van der Waals surface area contributed by atoms with Gasteiger partial charge in [-0.3, -0.25) is 4.79 Å². The number of carbonyl (C=O) groups excluding carboxylic acids is 1. The molecule has 0 bridgehead atoms. The van der Waals surface area contributed by atoms with Crippen molar-refractivity contribution in [3.05, 3.63) is 83.9 Å². The maximum absolute atomic E-state index is 12.5. The smallest absolute Gasteiger partial charge is 0.241 e. The number of para-hydroxylation sites is 2. The fourth-order valence-corrected chi connectivity index (χ4v) is 5.87. The Morgan fingerprint density at radius 3 is 2.56 bits per heavy atom. The summed E-state index contributed by atoms with van der Waals surface area (Å²) in [6.07, 6.45) is 4.36. The van der Waals surface area contributed by atoms with E-state index in [2.05, 4.69) is 114 Å². The van der Waals surface area contributed by atoms with Gasteiger partial charge >= 0.3 is 0 Å². The number of benzene rings is 3. The molecule has 2 aliphatic heterocycles. The Hall–Kier alpha value is -3.53. The van der Waals surface area contributed by atoms with Gasteiger partial charge in [0, 0.05) is 39.5 Å². The van der Waals surface area contributed by atoms with E-state index in [4.69, 9.17) is 0 Å². The van der Waals surface area contributed by atoms with E-state index in [-0.39, 0.29) is 11.3 Å². The highest BCUT2D eigenvalue weighted by atomic mass is 16.2. The number of aryl methyl sites for hydroxylation is 1. The SMILES string of the molecule is CCn1c2ccccc2c2ccc(/C=C/C34NC(=O)CN3c3ccccc3C4(C)C)cc21. The lowest BCUT2D eigenvalue weighted by Crippen LogP contribution is -2.58. The molecule has 160 valence electrons. The second-order valence-corrected chi connectivity index (χ2v) is 9.41. The number of nitrogens with one attached hydrogen (secondary N) is 1. The third-order valence-corrected chi connectivity index (χ3v) is 7.51. The van der Waals surface area contributed by atoms with Gasteiger partial charge in [-0.15, -0.1) is 0 Å². The Balaban J connectivity index is 1.48. The van der Waals surface area contributed by atoms with Gasteiger partial charge < -0.3 is 14.8 Å². The minimum Gasteiger partial charge on any atom is -0.341 e. The van der Waals surface area contributed by atoms with Gasteiger partial charge in [-0.1, -0.05) is 68.5 Å². The van der Waals surface area contributed by atoms with Crippen LogP contribution in [-0.2, 0) is 16.8 Å². The largest absolute Gasteiger partial charge is 0.341 e. The van der Waals surface area contributed by atoms with Crippen LogP contribution in [0.1, 0.15) is 31.9 Å². The molecular weight excluding hydrogens is 394 g/mol. The van der Waals surface area contributed by atoms with Crippen molar-refractivity contribution in [2.24, 2.45) is 0 Å². The monoisotopic (exact) mass is 421 g/mol. The molecule has 1 N–H and O–H groups in total. The van der Waals surface area contributed by atoms with Crippen LogP contribution in [0.25, 0.3) is 27.9 Å². The van der Waals surface area contributed by atoms with E-state index in [1.165, 1.54) is 27.4 Å². The molecule has 1 saturated heterocycles. The second kappa shape index (κ2) is 6.49. The fourth-order valence-electron chi connectivity index (χ4n) is 5.87. The molecule has 32 heavy (non-hydrogen) atoms. The summed E-state index contributed by atoms with van der Waals surface area (Å²) in [6.45, 7) is 7.94. The highest BCUT2D eigenvalue weighted by Crippen LogP contribution is 2.52. The van der Waals surface area contributed by atoms with Crippen molar-refractivity contribution in [1.82, 2.24) is 9.88 Å². The lowest BCUT2D eigenvalue weighted by Gasteiger charge is -2.40. The topological polar surface area (TPSA) is 37.3 Å².